The van der Waals surface area contributed by atoms with Gasteiger partial charge in [0, 0.05) is 23.9 Å². The van der Waals surface area contributed by atoms with Crippen molar-refractivity contribution in [1.29, 1.82) is 0 Å². The molecule has 16 heavy (non-hydrogen) atoms. The normalized spacial score (nSPS) is 10.1. The molecule has 1 radical (unpaired) electrons. The maximum atomic E-state index is 13.7. The third-order valence-electron chi connectivity index (χ3n) is 2.04. The fourth-order valence-electron chi connectivity index (χ4n) is 1.32. The van der Waals surface area contributed by atoms with Crippen molar-refractivity contribution in [2.24, 2.45) is 0 Å². The van der Waals surface area contributed by atoms with E-state index in [0.29, 0.717) is 0 Å². The lowest BCUT2D eigenvalue weighted by Gasteiger charge is -2.01. The first-order valence-electron chi connectivity index (χ1n) is 4.46. The summed E-state index contributed by atoms with van der Waals surface area (Å²) in [7, 11) is 0. The molecule has 4 nitrogen and oxygen atoms in total. The molecule has 0 fully saturated rings. The highest BCUT2D eigenvalue weighted by Crippen LogP contribution is 2.26. The van der Waals surface area contributed by atoms with Crippen molar-refractivity contribution >= 4 is 5.69 Å². The molecule has 0 aliphatic heterocycles. The third-order valence-corrected chi connectivity index (χ3v) is 2.04. The van der Waals surface area contributed by atoms with Gasteiger partial charge in [-0.05, 0) is 12.1 Å². The molecular formula is C11H6FN2O2. The maximum absolute atomic E-state index is 13.7. The van der Waals surface area contributed by atoms with Crippen LogP contribution in [0.4, 0.5) is 10.1 Å². The second-order valence-electron chi connectivity index (χ2n) is 3.03. The number of halogens is 1. The molecule has 0 spiro atoms. The molecule has 1 aromatic heterocycles. The van der Waals surface area contributed by atoms with Crippen molar-refractivity contribution in [1.82, 2.24) is 4.98 Å². The average molecular weight is 217 g/mol. The average Bonchev–Trinajstić information content (AvgIpc) is 2.30. The summed E-state index contributed by atoms with van der Waals surface area (Å²) in [5.74, 6) is -0.887. The number of pyridine rings is 1. The summed E-state index contributed by atoms with van der Waals surface area (Å²) in [4.78, 5) is 13.7. The summed E-state index contributed by atoms with van der Waals surface area (Å²) in [6, 6.07) is 9.89. The molecule has 0 saturated heterocycles. The van der Waals surface area contributed by atoms with Crippen LogP contribution in [0.15, 0.2) is 36.5 Å². The number of benzene rings is 1. The number of hydrogen-bond acceptors (Lipinski definition) is 3. The largest absolute Gasteiger partial charge is 0.305 e. The van der Waals surface area contributed by atoms with Gasteiger partial charge < -0.3 is 0 Å². The van der Waals surface area contributed by atoms with Crippen LogP contribution in [0.3, 0.4) is 0 Å². The van der Waals surface area contributed by atoms with Gasteiger partial charge in [0.05, 0.1) is 10.6 Å². The number of hydrogen-bond donors (Lipinski definition) is 0. The van der Waals surface area contributed by atoms with Gasteiger partial charge in [-0.15, -0.1) is 0 Å². The Bertz CT molecular complexity index is 529. The summed E-state index contributed by atoms with van der Waals surface area (Å²) in [5, 5.41) is 10.5. The van der Waals surface area contributed by atoms with Crippen LogP contribution in [0.1, 0.15) is 0 Å². The van der Waals surface area contributed by atoms with E-state index in [2.05, 4.69) is 11.1 Å². The van der Waals surface area contributed by atoms with Gasteiger partial charge in [0.25, 0.3) is 0 Å². The van der Waals surface area contributed by atoms with E-state index in [4.69, 9.17) is 0 Å². The SMILES string of the molecule is O=[N+]([O-])c1cccc(-c2[c]cccn2)c1F. The van der Waals surface area contributed by atoms with Crippen molar-refractivity contribution in [2.45, 2.75) is 0 Å². The lowest BCUT2D eigenvalue weighted by molar-refractivity contribution is -0.387. The van der Waals surface area contributed by atoms with Crippen molar-refractivity contribution in [3.05, 3.63) is 58.5 Å². The Hall–Kier alpha value is -2.30. The topological polar surface area (TPSA) is 56.0 Å². The van der Waals surface area contributed by atoms with Gasteiger partial charge in [-0.2, -0.15) is 4.39 Å². The first-order chi connectivity index (χ1) is 7.70. The molecule has 0 amide bonds. The summed E-state index contributed by atoms with van der Waals surface area (Å²) in [6.07, 6.45) is 1.48. The molecule has 79 valence electrons. The van der Waals surface area contributed by atoms with Crippen LogP contribution in [0.2, 0.25) is 0 Å². The highest BCUT2D eigenvalue weighted by atomic mass is 19.1. The molecule has 0 atom stereocenters. The van der Waals surface area contributed by atoms with Crippen LogP contribution in [-0.4, -0.2) is 9.91 Å². The minimum Gasteiger partial charge on any atom is -0.258 e. The molecule has 1 heterocycles. The lowest BCUT2D eigenvalue weighted by atomic mass is 10.1. The van der Waals surface area contributed by atoms with Gasteiger partial charge in [0.2, 0.25) is 5.82 Å². The lowest BCUT2D eigenvalue weighted by Crippen LogP contribution is -1.95. The van der Waals surface area contributed by atoms with Crippen LogP contribution in [-0.2, 0) is 0 Å². The van der Waals surface area contributed by atoms with Crippen LogP contribution in [0.5, 0.6) is 0 Å². The second kappa shape index (κ2) is 4.06. The Morgan fingerprint density at radius 3 is 2.81 bits per heavy atom. The Balaban J connectivity index is 2.59. The van der Waals surface area contributed by atoms with Crippen LogP contribution < -0.4 is 0 Å². The van der Waals surface area contributed by atoms with E-state index < -0.39 is 16.4 Å². The number of nitrogens with zero attached hydrogens (tertiary/aromatic N) is 2. The minimum atomic E-state index is -0.887. The molecular weight excluding hydrogens is 211 g/mol. The van der Waals surface area contributed by atoms with Gasteiger partial charge in [-0.25, -0.2) is 0 Å². The van der Waals surface area contributed by atoms with Crippen molar-refractivity contribution in [3.8, 4) is 11.3 Å². The summed E-state index contributed by atoms with van der Waals surface area (Å²) in [6.45, 7) is 0. The Morgan fingerprint density at radius 2 is 2.19 bits per heavy atom. The molecule has 0 aliphatic rings. The van der Waals surface area contributed by atoms with Crippen molar-refractivity contribution in [3.63, 3.8) is 0 Å². The van der Waals surface area contributed by atoms with Gasteiger partial charge >= 0.3 is 5.69 Å². The van der Waals surface area contributed by atoms with Gasteiger partial charge in [0.15, 0.2) is 0 Å². The van der Waals surface area contributed by atoms with E-state index in [1.54, 1.807) is 12.1 Å². The zero-order valence-electron chi connectivity index (χ0n) is 8.05. The minimum absolute atomic E-state index is 0.0785. The number of rotatable bonds is 2. The molecule has 5 heteroatoms. The maximum Gasteiger partial charge on any atom is 0.305 e. The fourth-order valence-corrected chi connectivity index (χ4v) is 1.32. The molecule has 0 unspecified atom stereocenters. The molecule has 0 aliphatic carbocycles. The summed E-state index contributed by atoms with van der Waals surface area (Å²) < 4.78 is 13.7. The van der Waals surface area contributed by atoms with E-state index in [9.17, 15) is 14.5 Å². The van der Waals surface area contributed by atoms with E-state index in [-0.39, 0.29) is 11.3 Å². The number of aromatic nitrogens is 1. The highest BCUT2D eigenvalue weighted by molar-refractivity contribution is 5.62. The zero-order valence-corrected chi connectivity index (χ0v) is 8.05. The van der Waals surface area contributed by atoms with Crippen LogP contribution in [0, 0.1) is 22.0 Å². The Labute approximate surface area is 90.5 Å². The molecule has 0 saturated carbocycles. The van der Waals surface area contributed by atoms with Crippen molar-refractivity contribution < 1.29 is 9.31 Å². The molecule has 0 bridgehead atoms. The van der Waals surface area contributed by atoms with Crippen LogP contribution >= 0.6 is 0 Å². The number of nitro groups is 1. The Kier molecular flexibility index (Phi) is 2.59. The smallest absolute Gasteiger partial charge is 0.258 e. The van der Waals surface area contributed by atoms with E-state index in [1.165, 1.54) is 18.3 Å². The van der Waals surface area contributed by atoms with Gasteiger partial charge in [-0.1, -0.05) is 12.1 Å². The van der Waals surface area contributed by atoms with Gasteiger partial charge in [0.1, 0.15) is 0 Å². The molecule has 1 aromatic carbocycles. The Morgan fingerprint density at radius 1 is 1.38 bits per heavy atom. The quantitative estimate of drug-likeness (QED) is 0.573. The van der Waals surface area contributed by atoms with Crippen LogP contribution in [0.25, 0.3) is 11.3 Å². The van der Waals surface area contributed by atoms with E-state index >= 15 is 0 Å². The highest BCUT2D eigenvalue weighted by Gasteiger charge is 2.18. The van der Waals surface area contributed by atoms with E-state index in [1.807, 2.05) is 0 Å². The first-order valence-corrected chi connectivity index (χ1v) is 4.46. The fraction of sp³-hybridized carbons (Fsp3) is 0. The molecule has 0 N–H and O–H groups in total. The standard InChI is InChI=1S/C11H6FN2O2/c12-11-8(9-5-1-2-7-13-9)4-3-6-10(11)14(15)16/h1-4,6-7H. The number of nitro benzene ring substituents is 1. The second-order valence-corrected chi connectivity index (χ2v) is 3.03. The summed E-state index contributed by atoms with van der Waals surface area (Å²) >= 11 is 0. The predicted molar refractivity (Wildman–Crippen MR) is 55.1 cm³/mol. The van der Waals surface area contributed by atoms with E-state index in [0.717, 1.165) is 6.07 Å². The van der Waals surface area contributed by atoms with Gasteiger partial charge in [-0.3, -0.25) is 15.1 Å². The molecule has 2 aromatic rings. The predicted octanol–water partition coefficient (Wildman–Crippen LogP) is 2.60. The van der Waals surface area contributed by atoms with Crippen molar-refractivity contribution in [2.75, 3.05) is 0 Å². The first kappa shape index (κ1) is 10.2. The molecule has 2 rings (SSSR count). The summed E-state index contributed by atoms with van der Waals surface area (Å²) in [5.41, 5.74) is -0.227. The zero-order chi connectivity index (χ0) is 11.5. The monoisotopic (exact) mass is 217 g/mol. The third kappa shape index (κ3) is 1.75.